The van der Waals surface area contributed by atoms with Crippen molar-refractivity contribution < 1.29 is 5.11 Å². The van der Waals surface area contributed by atoms with Crippen LogP contribution in [0.15, 0.2) is 24.3 Å². The molecule has 0 aliphatic rings. The van der Waals surface area contributed by atoms with Crippen molar-refractivity contribution in [2.45, 2.75) is 37.8 Å². The van der Waals surface area contributed by atoms with Gasteiger partial charge in [-0.1, -0.05) is 50.6 Å². The fourth-order valence-corrected chi connectivity index (χ4v) is 3.29. The van der Waals surface area contributed by atoms with Gasteiger partial charge >= 0.3 is 0 Å². The predicted octanol–water partition coefficient (Wildman–Crippen LogP) is 3.31. The number of nitrogens with two attached hydrogens (primary N) is 1. The Bertz CT molecular complexity index is 378. The van der Waals surface area contributed by atoms with Crippen LogP contribution in [0.3, 0.4) is 0 Å². The molecule has 0 saturated heterocycles. The summed E-state index contributed by atoms with van der Waals surface area (Å²) in [6, 6.07) is 7.73. The van der Waals surface area contributed by atoms with Crippen LogP contribution < -0.4 is 5.73 Å². The fraction of sp³-hybridized carbons (Fsp3) is 0.571. The Hall–Kier alpha value is -0.220. The molecule has 0 aliphatic carbocycles. The Kier molecular flexibility index (Phi) is 5.99. The summed E-state index contributed by atoms with van der Waals surface area (Å²) in [6.07, 6.45) is 0. The molecule has 0 aromatic heterocycles. The van der Waals surface area contributed by atoms with Crippen LogP contribution in [-0.2, 0) is 5.75 Å². The highest BCUT2D eigenvalue weighted by molar-refractivity contribution is 7.99. The smallest absolute Gasteiger partial charge is 0.0565 e. The number of halogens is 1. The summed E-state index contributed by atoms with van der Waals surface area (Å²) in [5.74, 6) is 0.773. The molecule has 2 unspecified atom stereocenters. The van der Waals surface area contributed by atoms with Gasteiger partial charge < -0.3 is 10.8 Å². The first-order valence-electron chi connectivity index (χ1n) is 6.07. The molecule has 18 heavy (non-hydrogen) atoms. The van der Waals surface area contributed by atoms with E-state index in [1.165, 1.54) is 0 Å². The normalized spacial score (nSPS) is 15.4. The van der Waals surface area contributed by atoms with Crippen molar-refractivity contribution in [3.8, 4) is 0 Å². The van der Waals surface area contributed by atoms with Crippen LogP contribution >= 0.6 is 23.4 Å². The van der Waals surface area contributed by atoms with E-state index in [1.807, 2.05) is 24.3 Å². The summed E-state index contributed by atoms with van der Waals surface area (Å²) in [4.78, 5) is 0. The average molecular weight is 288 g/mol. The van der Waals surface area contributed by atoms with E-state index in [-0.39, 0.29) is 23.3 Å². The number of rotatable bonds is 5. The summed E-state index contributed by atoms with van der Waals surface area (Å²) in [7, 11) is 0. The van der Waals surface area contributed by atoms with E-state index < -0.39 is 0 Å². The number of hydrogen-bond donors (Lipinski definition) is 2. The van der Waals surface area contributed by atoms with E-state index in [2.05, 4.69) is 20.8 Å². The molecular formula is C14H22ClNOS. The molecule has 4 heteroatoms. The number of benzene rings is 1. The highest BCUT2D eigenvalue weighted by Crippen LogP contribution is 2.30. The van der Waals surface area contributed by atoms with Gasteiger partial charge in [-0.2, -0.15) is 0 Å². The van der Waals surface area contributed by atoms with Gasteiger partial charge in [0.15, 0.2) is 0 Å². The molecule has 0 heterocycles. The second-order valence-corrected chi connectivity index (χ2v) is 7.15. The molecule has 1 aromatic carbocycles. The molecule has 0 saturated carbocycles. The van der Waals surface area contributed by atoms with Crippen LogP contribution in [0.5, 0.6) is 0 Å². The van der Waals surface area contributed by atoms with E-state index >= 15 is 0 Å². The van der Waals surface area contributed by atoms with Gasteiger partial charge in [0.05, 0.1) is 6.61 Å². The summed E-state index contributed by atoms with van der Waals surface area (Å²) >= 11 is 7.78. The van der Waals surface area contributed by atoms with Crippen molar-refractivity contribution >= 4 is 23.4 Å². The number of thioether (sulfide) groups is 1. The molecule has 0 amide bonds. The summed E-state index contributed by atoms with van der Waals surface area (Å²) in [5.41, 5.74) is 7.27. The van der Waals surface area contributed by atoms with Gasteiger partial charge in [0.2, 0.25) is 0 Å². The van der Waals surface area contributed by atoms with E-state index in [0.29, 0.717) is 0 Å². The molecule has 1 aromatic rings. The van der Waals surface area contributed by atoms with Crippen LogP contribution in [0, 0.1) is 5.41 Å². The maximum Gasteiger partial charge on any atom is 0.0565 e. The monoisotopic (exact) mass is 287 g/mol. The molecular weight excluding hydrogens is 266 g/mol. The van der Waals surface area contributed by atoms with Gasteiger partial charge in [0.1, 0.15) is 0 Å². The van der Waals surface area contributed by atoms with Crippen molar-refractivity contribution in [3.05, 3.63) is 34.9 Å². The van der Waals surface area contributed by atoms with Crippen molar-refractivity contribution in [1.82, 2.24) is 0 Å². The highest BCUT2D eigenvalue weighted by Gasteiger charge is 2.28. The minimum absolute atomic E-state index is 0.0130. The second-order valence-electron chi connectivity index (χ2n) is 5.52. The van der Waals surface area contributed by atoms with Gasteiger partial charge in [-0.15, -0.1) is 11.8 Å². The number of aliphatic hydroxyl groups excluding tert-OH is 1. The third-order valence-electron chi connectivity index (χ3n) is 2.99. The molecule has 0 spiro atoms. The van der Waals surface area contributed by atoms with Crippen molar-refractivity contribution in [2.75, 3.05) is 6.61 Å². The zero-order chi connectivity index (χ0) is 13.8. The second kappa shape index (κ2) is 6.80. The van der Waals surface area contributed by atoms with Crippen LogP contribution in [-0.4, -0.2) is 23.0 Å². The molecule has 0 bridgehead atoms. The van der Waals surface area contributed by atoms with Gasteiger partial charge in [-0.3, -0.25) is 0 Å². The molecule has 0 fully saturated rings. The topological polar surface area (TPSA) is 46.2 Å². The molecule has 2 atom stereocenters. The molecule has 0 aliphatic heterocycles. The SMILES string of the molecule is CC(C)(C)C(N)C(CO)SCc1ccccc1Cl. The minimum Gasteiger partial charge on any atom is -0.395 e. The lowest BCUT2D eigenvalue weighted by Crippen LogP contribution is -2.45. The highest BCUT2D eigenvalue weighted by atomic mass is 35.5. The Morgan fingerprint density at radius 2 is 1.94 bits per heavy atom. The molecule has 3 N–H and O–H groups in total. The van der Waals surface area contributed by atoms with Crippen LogP contribution in [0.1, 0.15) is 26.3 Å². The van der Waals surface area contributed by atoms with Crippen LogP contribution in [0.2, 0.25) is 5.02 Å². The van der Waals surface area contributed by atoms with Crippen molar-refractivity contribution in [2.24, 2.45) is 11.1 Å². The Morgan fingerprint density at radius 1 is 1.33 bits per heavy atom. The minimum atomic E-state index is -0.0463. The van der Waals surface area contributed by atoms with Crippen molar-refractivity contribution in [3.63, 3.8) is 0 Å². The summed E-state index contributed by atoms with van der Waals surface area (Å²) in [6.45, 7) is 6.37. The Morgan fingerprint density at radius 3 is 2.44 bits per heavy atom. The predicted molar refractivity (Wildman–Crippen MR) is 81.1 cm³/mol. The first-order chi connectivity index (χ1) is 8.36. The van der Waals surface area contributed by atoms with Gasteiger partial charge in [-0.25, -0.2) is 0 Å². The molecule has 2 nitrogen and oxygen atoms in total. The Labute approximate surface area is 119 Å². The summed E-state index contributed by atoms with van der Waals surface area (Å²) < 4.78 is 0. The average Bonchev–Trinajstić information content (AvgIpc) is 2.30. The molecule has 102 valence electrons. The maximum atomic E-state index is 9.47. The zero-order valence-electron chi connectivity index (χ0n) is 11.2. The molecule has 1 rings (SSSR count). The summed E-state index contributed by atoms with van der Waals surface area (Å²) in [5, 5.41) is 10.3. The Balaban J connectivity index is 2.63. The zero-order valence-corrected chi connectivity index (χ0v) is 12.8. The number of hydrogen-bond acceptors (Lipinski definition) is 3. The van der Waals surface area contributed by atoms with E-state index in [1.54, 1.807) is 11.8 Å². The van der Waals surface area contributed by atoms with Gasteiger partial charge in [0, 0.05) is 22.1 Å². The lowest BCUT2D eigenvalue weighted by Gasteiger charge is -2.33. The number of aliphatic hydroxyl groups is 1. The maximum absolute atomic E-state index is 9.47. The van der Waals surface area contributed by atoms with Crippen LogP contribution in [0.4, 0.5) is 0 Å². The lowest BCUT2D eigenvalue weighted by molar-refractivity contribution is 0.233. The lowest BCUT2D eigenvalue weighted by atomic mass is 9.85. The fourth-order valence-electron chi connectivity index (χ4n) is 1.64. The van der Waals surface area contributed by atoms with Gasteiger partial charge in [0.25, 0.3) is 0 Å². The quantitative estimate of drug-likeness (QED) is 0.873. The van der Waals surface area contributed by atoms with E-state index in [0.717, 1.165) is 16.3 Å². The first kappa shape index (κ1) is 15.8. The molecule has 0 radical (unpaired) electrons. The van der Waals surface area contributed by atoms with Gasteiger partial charge in [-0.05, 0) is 17.0 Å². The van der Waals surface area contributed by atoms with Crippen LogP contribution in [0.25, 0.3) is 0 Å². The first-order valence-corrected chi connectivity index (χ1v) is 7.50. The van der Waals surface area contributed by atoms with Crippen molar-refractivity contribution in [1.29, 1.82) is 0 Å². The standard InChI is InChI=1S/C14H22ClNOS/c1-14(2,3)13(16)12(8-17)18-9-10-6-4-5-7-11(10)15/h4-7,12-13,17H,8-9,16H2,1-3H3. The third-order valence-corrected chi connectivity index (χ3v) is 4.71. The van der Waals surface area contributed by atoms with E-state index in [9.17, 15) is 5.11 Å². The largest absolute Gasteiger partial charge is 0.395 e. The van der Waals surface area contributed by atoms with E-state index in [4.69, 9.17) is 17.3 Å². The third kappa shape index (κ3) is 4.47.